The van der Waals surface area contributed by atoms with Gasteiger partial charge in [-0.1, -0.05) is 24.3 Å². The van der Waals surface area contributed by atoms with E-state index in [4.69, 9.17) is 4.74 Å². The van der Waals surface area contributed by atoms with E-state index in [0.717, 1.165) is 6.07 Å². The summed E-state index contributed by atoms with van der Waals surface area (Å²) < 4.78 is 32.7. The zero-order valence-corrected chi connectivity index (χ0v) is 16.6. The Kier molecular flexibility index (Phi) is 5.33. The Morgan fingerprint density at radius 1 is 1.10 bits per heavy atom. The number of carbonyl (C=O) groups is 1. The Hall–Kier alpha value is -3.15. The van der Waals surface area contributed by atoms with Crippen molar-refractivity contribution in [1.29, 1.82) is 0 Å². The highest BCUT2D eigenvalue weighted by molar-refractivity contribution is 7.89. The first-order valence-electron chi connectivity index (χ1n) is 9.19. The molecule has 156 valence electrons. The van der Waals surface area contributed by atoms with Gasteiger partial charge in [-0.05, 0) is 6.07 Å². The number of hydrazone groups is 1. The first kappa shape index (κ1) is 20.1. The first-order valence-corrected chi connectivity index (χ1v) is 10.6. The predicted molar refractivity (Wildman–Crippen MR) is 108 cm³/mol. The average Bonchev–Trinajstić information content (AvgIpc) is 3.08. The largest absolute Gasteiger partial charge is 0.379 e. The van der Waals surface area contributed by atoms with Crippen LogP contribution in [0.1, 0.15) is 22.3 Å². The van der Waals surface area contributed by atoms with Crippen LogP contribution in [0, 0.1) is 10.1 Å². The van der Waals surface area contributed by atoms with Gasteiger partial charge < -0.3 is 4.74 Å². The number of carbonyl (C=O) groups excluding carboxylic acids is 1. The van der Waals surface area contributed by atoms with Crippen LogP contribution in [0.2, 0.25) is 0 Å². The van der Waals surface area contributed by atoms with Gasteiger partial charge in [0, 0.05) is 36.3 Å². The third kappa shape index (κ3) is 3.70. The fraction of sp³-hybridized carbons (Fsp3) is 0.263. The quantitative estimate of drug-likeness (QED) is 0.567. The van der Waals surface area contributed by atoms with E-state index in [1.165, 1.54) is 16.4 Å². The summed E-state index contributed by atoms with van der Waals surface area (Å²) in [5.74, 6) is -0.0731. The molecule has 1 saturated heterocycles. The molecule has 0 atom stereocenters. The van der Waals surface area contributed by atoms with E-state index in [-0.39, 0.29) is 54.8 Å². The number of Topliss-reactive ketones (excluding diaryl/α,β-unsaturated/α-hetero) is 1. The second-order valence-corrected chi connectivity index (χ2v) is 8.68. The van der Waals surface area contributed by atoms with Crippen molar-refractivity contribution in [3.8, 4) is 0 Å². The van der Waals surface area contributed by atoms with Crippen LogP contribution in [0.15, 0.2) is 52.5 Å². The van der Waals surface area contributed by atoms with Crippen molar-refractivity contribution in [2.24, 2.45) is 5.10 Å². The summed E-state index contributed by atoms with van der Waals surface area (Å²) >= 11 is 0. The minimum Gasteiger partial charge on any atom is -0.379 e. The van der Waals surface area contributed by atoms with Gasteiger partial charge in [-0.15, -0.1) is 0 Å². The molecule has 10 nitrogen and oxygen atoms in total. The van der Waals surface area contributed by atoms with E-state index < -0.39 is 14.9 Å². The van der Waals surface area contributed by atoms with E-state index in [9.17, 15) is 23.3 Å². The molecule has 0 spiro atoms. The van der Waals surface area contributed by atoms with Gasteiger partial charge in [0.05, 0.1) is 36.0 Å². The number of nitrogens with one attached hydrogen (secondary N) is 1. The lowest BCUT2D eigenvalue weighted by Crippen LogP contribution is -2.40. The third-order valence-electron chi connectivity index (χ3n) is 4.94. The smallest absolute Gasteiger partial charge is 0.270 e. The number of ketones is 1. The Balaban J connectivity index is 1.72. The maximum atomic E-state index is 13.1. The molecule has 1 aliphatic heterocycles. The van der Waals surface area contributed by atoms with Gasteiger partial charge in [0.25, 0.3) is 5.69 Å². The fourth-order valence-corrected chi connectivity index (χ4v) is 4.97. The lowest BCUT2D eigenvalue weighted by molar-refractivity contribution is -0.385. The molecule has 0 radical (unpaired) electrons. The Labute approximate surface area is 172 Å². The molecule has 2 aliphatic rings. The highest BCUT2D eigenvalue weighted by atomic mass is 32.2. The monoisotopic (exact) mass is 430 g/mol. The maximum absolute atomic E-state index is 13.1. The molecule has 2 aromatic carbocycles. The number of nitro groups is 1. The van der Waals surface area contributed by atoms with Crippen molar-refractivity contribution in [2.75, 3.05) is 31.7 Å². The van der Waals surface area contributed by atoms with Gasteiger partial charge in [-0.25, -0.2) is 8.42 Å². The molecule has 11 heteroatoms. The van der Waals surface area contributed by atoms with Crippen molar-refractivity contribution in [3.05, 3.63) is 63.7 Å². The van der Waals surface area contributed by atoms with E-state index >= 15 is 0 Å². The number of anilines is 1. The maximum Gasteiger partial charge on any atom is 0.270 e. The summed E-state index contributed by atoms with van der Waals surface area (Å²) in [6.45, 7) is 0.804. The summed E-state index contributed by atoms with van der Waals surface area (Å²) in [4.78, 5) is 22.4. The summed E-state index contributed by atoms with van der Waals surface area (Å²) in [5, 5.41) is 15.4. The van der Waals surface area contributed by atoms with Crippen LogP contribution in [0.4, 0.5) is 11.4 Å². The second-order valence-electron chi connectivity index (χ2n) is 6.77. The molecule has 30 heavy (non-hydrogen) atoms. The van der Waals surface area contributed by atoms with Crippen LogP contribution < -0.4 is 5.43 Å². The highest BCUT2D eigenvalue weighted by Gasteiger charge is 2.31. The number of morpholine rings is 1. The van der Waals surface area contributed by atoms with Crippen molar-refractivity contribution in [3.63, 3.8) is 0 Å². The molecular weight excluding hydrogens is 412 g/mol. The molecule has 1 N–H and O–H groups in total. The molecule has 0 aromatic heterocycles. The zero-order chi connectivity index (χ0) is 21.3. The number of ether oxygens (including phenoxy) is 1. The number of benzene rings is 2. The molecular formula is C19H18N4O6S. The molecule has 0 amide bonds. The van der Waals surface area contributed by atoms with Crippen molar-refractivity contribution in [1.82, 2.24) is 4.31 Å². The number of nitro benzene ring substituents is 1. The molecule has 2 aromatic rings. The van der Waals surface area contributed by atoms with Crippen LogP contribution in [0.3, 0.4) is 0 Å². The number of hydrogen-bond acceptors (Lipinski definition) is 8. The summed E-state index contributed by atoms with van der Waals surface area (Å²) in [6.07, 6.45) is 0.0882. The van der Waals surface area contributed by atoms with Crippen LogP contribution >= 0.6 is 0 Å². The van der Waals surface area contributed by atoms with Gasteiger partial charge in [-0.3, -0.25) is 20.3 Å². The number of non-ortho nitro benzene ring substituents is 1. The molecule has 1 heterocycles. The van der Waals surface area contributed by atoms with Gasteiger partial charge in [0.2, 0.25) is 10.0 Å². The normalized spacial score (nSPS) is 18.4. The van der Waals surface area contributed by atoms with Crippen LogP contribution in [0.25, 0.3) is 0 Å². The SMILES string of the molecule is O=C1C/C(=N/Nc2ccc([N+](=O)[O-])cc2S(=O)(=O)N2CCOCC2)c2ccccc21. The predicted octanol–water partition coefficient (Wildman–Crippen LogP) is 2.02. The Bertz CT molecular complexity index is 1160. The van der Waals surface area contributed by atoms with Crippen molar-refractivity contribution >= 4 is 32.9 Å². The minimum atomic E-state index is -4.02. The van der Waals surface area contributed by atoms with E-state index in [0.29, 0.717) is 16.8 Å². The molecule has 0 saturated carbocycles. The molecule has 4 rings (SSSR count). The number of fused-ring (bicyclic) bond motifs is 1. The second kappa shape index (κ2) is 7.94. The number of rotatable bonds is 5. The van der Waals surface area contributed by atoms with Gasteiger partial charge in [-0.2, -0.15) is 9.41 Å². The zero-order valence-electron chi connectivity index (χ0n) is 15.8. The Morgan fingerprint density at radius 3 is 2.50 bits per heavy atom. The molecule has 0 unspecified atom stereocenters. The topological polar surface area (TPSA) is 131 Å². The van der Waals surface area contributed by atoms with Crippen molar-refractivity contribution in [2.45, 2.75) is 11.3 Å². The molecule has 1 fully saturated rings. The molecule has 0 bridgehead atoms. The fourth-order valence-electron chi connectivity index (χ4n) is 3.40. The highest BCUT2D eigenvalue weighted by Crippen LogP contribution is 2.30. The van der Waals surface area contributed by atoms with Gasteiger partial charge >= 0.3 is 0 Å². The standard InChI is InChI=1S/C19H18N4O6S/c24-18-12-17(14-3-1-2-4-15(14)18)21-20-16-6-5-13(23(25)26)11-19(16)30(27,28)22-7-9-29-10-8-22/h1-6,11,20H,7-10,12H2/b21-17-. The lowest BCUT2D eigenvalue weighted by atomic mass is 10.1. The summed E-state index contributed by atoms with van der Waals surface area (Å²) in [7, 11) is -4.02. The number of nitrogens with zero attached hydrogens (tertiary/aromatic N) is 3. The van der Waals surface area contributed by atoms with Crippen LogP contribution in [-0.4, -0.2) is 55.4 Å². The van der Waals surface area contributed by atoms with Gasteiger partial charge in [0.1, 0.15) is 4.90 Å². The number of hydrogen-bond donors (Lipinski definition) is 1. The number of sulfonamides is 1. The summed E-state index contributed by atoms with van der Waals surface area (Å²) in [5.41, 5.74) is 4.16. The first-order chi connectivity index (χ1) is 14.4. The van der Waals surface area contributed by atoms with Crippen LogP contribution in [-0.2, 0) is 14.8 Å². The van der Waals surface area contributed by atoms with E-state index in [2.05, 4.69) is 10.5 Å². The van der Waals surface area contributed by atoms with E-state index in [1.54, 1.807) is 24.3 Å². The van der Waals surface area contributed by atoms with Crippen molar-refractivity contribution < 1.29 is 22.9 Å². The van der Waals surface area contributed by atoms with Gasteiger partial charge in [0.15, 0.2) is 5.78 Å². The Morgan fingerprint density at radius 2 is 1.80 bits per heavy atom. The third-order valence-corrected chi connectivity index (χ3v) is 6.88. The van der Waals surface area contributed by atoms with E-state index in [1.807, 2.05) is 0 Å². The lowest BCUT2D eigenvalue weighted by Gasteiger charge is -2.26. The minimum absolute atomic E-state index is 0.0731. The average molecular weight is 430 g/mol. The molecule has 1 aliphatic carbocycles. The van der Waals surface area contributed by atoms with Crippen LogP contribution in [0.5, 0.6) is 0 Å². The summed E-state index contributed by atoms with van der Waals surface area (Å²) in [6, 6.07) is 10.5.